The molecule has 2 heterocycles. The number of para-hydroxylation sites is 2. The lowest BCUT2D eigenvalue weighted by Crippen LogP contribution is -2.24. The highest BCUT2D eigenvalue weighted by Crippen LogP contribution is 2.30. The van der Waals surface area contributed by atoms with Crippen molar-refractivity contribution in [2.75, 3.05) is 0 Å². The second kappa shape index (κ2) is 12.7. The molecule has 0 unspecified atom stereocenters. The largest absolute Gasteiger partial charge is 0.456 e. The first-order valence-corrected chi connectivity index (χ1v) is 16.1. The highest BCUT2D eigenvalue weighted by atomic mass is 16.6. The summed E-state index contributed by atoms with van der Waals surface area (Å²) in [6.45, 7) is 11.7. The van der Waals surface area contributed by atoms with E-state index in [2.05, 4.69) is 89.7 Å². The number of fused-ring (bicyclic) bond motifs is 2. The third-order valence-electron chi connectivity index (χ3n) is 8.10. The Bertz CT molecular complexity index is 1960. The summed E-state index contributed by atoms with van der Waals surface area (Å²) in [5, 5.41) is 0. The lowest BCUT2D eigenvalue weighted by molar-refractivity contribution is 0.00704. The zero-order valence-corrected chi connectivity index (χ0v) is 27.0. The number of rotatable bonds is 10. The van der Waals surface area contributed by atoms with E-state index in [4.69, 9.17) is 14.7 Å². The average molecular weight is 599 g/mol. The molecule has 6 heteroatoms. The predicted molar refractivity (Wildman–Crippen MR) is 184 cm³/mol. The summed E-state index contributed by atoms with van der Waals surface area (Å²) in [6.07, 6.45) is 4.15. The van der Waals surface area contributed by atoms with Crippen LogP contribution in [-0.4, -0.2) is 30.7 Å². The van der Waals surface area contributed by atoms with E-state index in [1.807, 2.05) is 45.0 Å². The maximum absolute atomic E-state index is 13.0. The van der Waals surface area contributed by atoms with Crippen LogP contribution in [0.25, 0.3) is 44.6 Å². The topological polar surface area (TPSA) is 61.9 Å². The molecule has 4 aromatic carbocycles. The third-order valence-corrected chi connectivity index (χ3v) is 8.10. The molecular weight excluding hydrogens is 556 g/mol. The van der Waals surface area contributed by atoms with Gasteiger partial charge in [0.25, 0.3) is 0 Å². The summed E-state index contributed by atoms with van der Waals surface area (Å²) in [7, 11) is 0. The number of imidazole rings is 2. The molecule has 0 N–H and O–H groups in total. The number of aryl methyl sites for hydroxylation is 2. The Morgan fingerprint density at radius 3 is 2.22 bits per heavy atom. The number of carbonyl (C=O) groups excluding carboxylic acids is 1. The molecule has 6 aromatic rings. The molecule has 0 aliphatic rings. The number of ether oxygens (including phenoxy) is 1. The van der Waals surface area contributed by atoms with Crippen molar-refractivity contribution in [1.29, 1.82) is 0 Å². The number of carbonyl (C=O) groups is 1. The van der Waals surface area contributed by atoms with E-state index >= 15 is 0 Å². The maximum atomic E-state index is 13.0. The van der Waals surface area contributed by atoms with Gasteiger partial charge in [-0.3, -0.25) is 0 Å². The summed E-state index contributed by atoms with van der Waals surface area (Å²) < 4.78 is 10.4. The second-order valence-corrected chi connectivity index (χ2v) is 12.7. The summed E-state index contributed by atoms with van der Waals surface area (Å²) in [5.41, 5.74) is 8.46. The molecule has 0 saturated heterocycles. The fraction of sp³-hybridized carbons (Fsp3) is 0.308. The fourth-order valence-electron chi connectivity index (χ4n) is 5.96. The molecule has 6 rings (SSSR count). The van der Waals surface area contributed by atoms with E-state index < -0.39 is 5.60 Å². The molecular formula is C39H42N4O2. The molecule has 0 aliphatic carbocycles. The van der Waals surface area contributed by atoms with Gasteiger partial charge in [-0.05, 0) is 86.7 Å². The molecule has 0 saturated carbocycles. The molecule has 0 aliphatic heterocycles. The minimum absolute atomic E-state index is 0.310. The maximum Gasteiger partial charge on any atom is 0.339 e. The first-order valence-electron chi connectivity index (χ1n) is 16.1. The molecule has 45 heavy (non-hydrogen) atoms. The Morgan fingerprint density at radius 1 is 0.756 bits per heavy atom. The molecule has 230 valence electrons. The van der Waals surface area contributed by atoms with Crippen molar-refractivity contribution in [2.24, 2.45) is 0 Å². The number of unbranched alkanes of at least 4 members (excludes halogenated alkanes) is 1. The zero-order valence-electron chi connectivity index (χ0n) is 27.0. The van der Waals surface area contributed by atoms with Crippen LogP contribution in [0.1, 0.15) is 75.6 Å². The lowest BCUT2D eigenvalue weighted by Gasteiger charge is -2.20. The van der Waals surface area contributed by atoms with E-state index in [9.17, 15) is 4.79 Å². The number of aromatic nitrogens is 4. The Kier molecular flexibility index (Phi) is 8.57. The van der Waals surface area contributed by atoms with Crippen LogP contribution >= 0.6 is 0 Å². The van der Waals surface area contributed by atoms with Crippen molar-refractivity contribution in [1.82, 2.24) is 19.1 Å². The molecule has 0 spiro atoms. The molecule has 0 amide bonds. The van der Waals surface area contributed by atoms with Gasteiger partial charge in [-0.2, -0.15) is 0 Å². The number of hydrogen-bond donors (Lipinski definition) is 0. The monoisotopic (exact) mass is 598 g/mol. The van der Waals surface area contributed by atoms with Crippen molar-refractivity contribution in [3.63, 3.8) is 0 Å². The van der Waals surface area contributed by atoms with Gasteiger partial charge in [0.1, 0.15) is 17.2 Å². The van der Waals surface area contributed by atoms with Crippen molar-refractivity contribution in [3.8, 4) is 22.5 Å². The van der Waals surface area contributed by atoms with E-state index in [1.165, 1.54) is 11.1 Å². The molecule has 0 bridgehead atoms. The van der Waals surface area contributed by atoms with Crippen molar-refractivity contribution in [2.45, 2.75) is 79.0 Å². The summed E-state index contributed by atoms with van der Waals surface area (Å²) >= 11 is 0. The van der Waals surface area contributed by atoms with Crippen LogP contribution < -0.4 is 0 Å². The Hall–Kier alpha value is -4.71. The number of benzene rings is 4. The lowest BCUT2D eigenvalue weighted by atomic mass is 9.98. The predicted octanol–water partition coefficient (Wildman–Crippen LogP) is 9.48. The molecule has 0 atom stereocenters. The summed E-state index contributed by atoms with van der Waals surface area (Å²) in [5.74, 6) is 1.78. The molecule has 0 radical (unpaired) electrons. The highest BCUT2D eigenvalue weighted by Gasteiger charge is 2.21. The molecule has 2 aromatic heterocycles. The zero-order chi connectivity index (χ0) is 31.6. The van der Waals surface area contributed by atoms with Crippen molar-refractivity contribution in [3.05, 3.63) is 108 Å². The van der Waals surface area contributed by atoms with E-state index in [0.29, 0.717) is 12.1 Å². The van der Waals surface area contributed by atoms with Crippen LogP contribution in [0.4, 0.5) is 0 Å². The van der Waals surface area contributed by atoms with Crippen molar-refractivity contribution >= 4 is 28.0 Å². The van der Waals surface area contributed by atoms with Gasteiger partial charge in [0.15, 0.2) is 0 Å². The Labute approximate surface area is 265 Å². The summed E-state index contributed by atoms with van der Waals surface area (Å²) in [6, 6.07) is 31.1. The van der Waals surface area contributed by atoms with Gasteiger partial charge >= 0.3 is 5.97 Å². The fourth-order valence-corrected chi connectivity index (χ4v) is 5.96. The smallest absolute Gasteiger partial charge is 0.339 e. The van der Waals surface area contributed by atoms with Gasteiger partial charge in [0.05, 0.1) is 27.6 Å². The van der Waals surface area contributed by atoms with Crippen LogP contribution in [0, 0.1) is 0 Å². The molecule has 6 nitrogen and oxygen atoms in total. The van der Waals surface area contributed by atoms with E-state index in [1.54, 1.807) is 0 Å². The first-order chi connectivity index (χ1) is 21.8. The minimum atomic E-state index is -0.556. The number of esters is 1. The van der Waals surface area contributed by atoms with E-state index in [0.717, 1.165) is 77.1 Å². The highest BCUT2D eigenvalue weighted by molar-refractivity contribution is 5.97. The van der Waals surface area contributed by atoms with Crippen molar-refractivity contribution < 1.29 is 9.53 Å². The standard InChI is InChI=1S/C39H42N4O2/c1-6-8-24-42-34-17-12-11-16-32(34)41-37(42)29-22-23-33-35(25-29)43(36(40-33)13-7-2)26-27-18-20-28(21-19-27)30-14-9-10-15-31(30)38(44)45-39(3,4)5/h9-12,14-23,25H,6-8,13,24,26H2,1-5H3. The van der Waals surface area contributed by atoms with Crippen LogP contribution in [0.5, 0.6) is 0 Å². The minimum Gasteiger partial charge on any atom is -0.456 e. The van der Waals surface area contributed by atoms with Gasteiger partial charge in [-0.25, -0.2) is 14.8 Å². The van der Waals surface area contributed by atoms with Crippen LogP contribution in [0.15, 0.2) is 91.0 Å². The first kappa shape index (κ1) is 30.3. The SMILES string of the molecule is CCCCn1c(-c2ccc3nc(CCC)n(Cc4ccc(-c5ccccc5C(=O)OC(C)(C)C)cc4)c3c2)nc2ccccc21. The van der Waals surface area contributed by atoms with E-state index in [-0.39, 0.29) is 5.97 Å². The average Bonchev–Trinajstić information content (AvgIpc) is 3.57. The van der Waals surface area contributed by atoms with Gasteiger partial charge in [-0.15, -0.1) is 0 Å². The Morgan fingerprint density at radius 2 is 1.47 bits per heavy atom. The second-order valence-electron chi connectivity index (χ2n) is 12.7. The van der Waals surface area contributed by atoms with Gasteiger partial charge in [-0.1, -0.05) is 74.9 Å². The van der Waals surface area contributed by atoms with Gasteiger partial charge in [0, 0.05) is 25.1 Å². The van der Waals surface area contributed by atoms with Gasteiger partial charge < -0.3 is 13.9 Å². The normalized spacial score (nSPS) is 11.8. The van der Waals surface area contributed by atoms with Gasteiger partial charge in [0.2, 0.25) is 0 Å². The summed E-state index contributed by atoms with van der Waals surface area (Å²) in [4.78, 5) is 23.1. The Balaban J connectivity index is 1.35. The van der Waals surface area contributed by atoms with Crippen LogP contribution in [-0.2, 0) is 24.2 Å². The number of hydrogen-bond acceptors (Lipinski definition) is 4. The van der Waals surface area contributed by atoms with Crippen LogP contribution in [0.3, 0.4) is 0 Å². The molecule has 0 fully saturated rings. The van der Waals surface area contributed by atoms with Crippen LogP contribution in [0.2, 0.25) is 0 Å². The quantitative estimate of drug-likeness (QED) is 0.147. The third kappa shape index (κ3) is 6.41. The number of nitrogens with zero attached hydrogens (tertiary/aromatic N) is 4.